The molecule has 0 unspecified atom stereocenters. The summed E-state index contributed by atoms with van der Waals surface area (Å²) in [6.45, 7) is 6.26. The SMILES string of the molecule is CC(C)(C)OC(=O)N(C=NCc1ccccc1)C1CCCCC1. The first-order valence-electron chi connectivity index (χ1n) is 8.51. The lowest BCUT2D eigenvalue weighted by molar-refractivity contribution is 0.0295. The summed E-state index contributed by atoms with van der Waals surface area (Å²) >= 11 is 0. The zero-order chi connectivity index (χ0) is 16.7. The Hall–Kier alpha value is -1.84. The summed E-state index contributed by atoms with van der Waals surface area (Å²) in [6.07, 6.45) is 7.01. The minimum atomic E-state index is -0.489. The molecule has 0 atom stereocenters. The number of hydrogen-bond acceptors (Lipinski definition) is 3. The van der Waals surface area contributed by atoms with E-state index in [1.165, 1.54) is 6.42 Å². The van der Waals surface area contributed by atoms with E-state index < -0.39 is 5.60 Å². The molecule has 0 bridgehead atoms. The van der Waals surface area contributed by atoms with Crippen LogP contribution in [0.5, 0.6) is 0 Å². The summed E-state index contributed by atoms with van der Waals surface area (Å²) in [6, 6.07) is 10.3. The summed E-state index contributed by atoms with van der Waals surface area (Å²) in [5.41, 5.74) is 0.647. The molecular formula is C19H28N2O2. The fourth-order valence-electron chi connectivity index (χ4n) is 2.78. The maximum Gasteiger partial charge on any atom is 0.415 e. The van der Waals surface area contributed by atoms with E-state index >= 15 is 0 Å². The molecule has 4 nitrogen and oxygen atoms in total. The third-order valence-corrected chi connectivity index (χ3v) is 3.90. The van der Waals surface area contributed by atoms with Crippen LogP contribution < -0.4 is 0 Å². The number of hydrogen-bond donors (Lipinski definition) is 0. The number of aliphatic imine (C=N–C) groups is 1. The highest BCUT2D eigenvalue weighted by molar-refractivity contribution is 5.83. The summed E-state index contributed by atoms with van der Waals surface area (Å²) in [4.78, 5) is 18.7. The van der Waals surface area contributed by atoms with Crippen molar-refractivity contribution in [3.8, 4) is 0 Å². The lowest BCUT2D eigenvalue weighted by Crippen LogP contribution is -2.43. The zero-order valence-electron chi connectivity index (χ0n) is 14.5. The number of benzene rings is 1. The van der Waals surface area contributed by atoms with Crippen LogP contribution in [-0.2, 0) is 11.3 Å². The van der Waals surface area contributed by atoms with Crippen molar-refractivity contribution < 1.29 is 9.53 Å². The van der Waals surface area contributed by atoms with Gasteiger partial charge in [0.05, 0.1) is 12.9 Å². The van der Waals surface area contributed by atoms with Gasteiger partial charge >= 0.3 is 6.09 Å². The number of carbonyl (C=O) groups excluding carboxylic acids is 1. The number of nitrogens with zero attached hydrogens (tertiary/aromatic N) is 2. The van der Waals surface area contributed by atoms with Crippen LogP contribution in [0.3, 0.4) is 0 Å². The van der Waals surface area contributed by atoms with Crippen LogP contribution in [0.4, 0.5) is 4.79 Å². The van der Waals surface area contributed by atoms with Crippen molar-refractivity contribution in [3.63, 3.8) is 0 Å². The molecule has 126 valence electrons. The molecule has 1 aromatic carbocycles. The highest BCUT2D eigenvalue weighted by Gasteiger charge is 2.28. The van der Waals surface area contributed by atoms with Crippen LogP contribution in [-0.4, -0.2) is 29.0 Å². The molecule has 0 aliphatic heterocycles. The molecule has 0 spiro atoms. The number of carbonyl (C=O) groups is 1. The van der Waals surface area contributed by atoms with E-state index in [9.17, 15) is 4.79 Å². The molecule has 2 rings (SSSR count). The second kappa shape index (κ2) is 8.14. The largest absolute Gasteiger partial charge is 0.443 e. The molecule has 0 heterocycles. The maximum absolute atomic E-state index is 12.5. The fourth-order valence-corrected chi connectivity index (χ4v) is 2.78. The fraction of sp³-hybridized carbons (Fsp3) is 0.579. The molecule has 0 radical (unpaired) electrons. The van der Waals surface area contributed by atoms with Crippen molar-refractivity contribution in [3.05, 3.63) is 35.9 Å². The Morgan fingerprint density at radius 2 is 1.87 bits per heavy atom. The summed E-state index contributed by atoms with van der Waals surface area (Å²) in [5, 5.41) is 0. The lowest BCUT2D eigenvalue weighted by Gasteiger charge is -2.32. The second-order valence-corrected chi connectivity index (χ2v) is 7.12. The van der Waals surface area contributed by atoms with Crippen molar-refractivity contribution in [1.82, 2.24) is 4.90 Å². The molecule has 23 heavy (non-hydrogen) atoms. The van der Waals surface area contributed by atoms with Crippen LogP contribution >= 0.6 is 0 Å². The van der Waals surface area contributed by atoms with Gasteiger partial charge in [-0.05, 0) is 39.2 Å². The van der Waals surface area contributed by atoms with Crippen LogP contribution in [0.15, 0.2) is 35.3 Å². The van der Waals surface area contributed by atoms with Crippen molar-refractivity contribution in [2.45, 2.75) is 71.1 Å². The minimum absolute atomic E-state index is 0.207. The quantitative estimate of drug-likeness (QED) is 0.592. The van der Waals surface area contributed by atoms with Gasteiger partial charge in [0.15, 0.2) is 0 Å². The number of ether oxygens (including phenoxy) is 1. The monoisotopic (exact) mass is 316 g/mol. The van der Waals surface area contributed by atoms with Gasteiger partial charge < -0.3 is 4.74 Å². The smallest absolute Gasteiger partial charge is 0.415 e. The van der Waals surface area contributed by atoms with Crippen molar-refractivity contribution in [2.75, 3.05) is 0 Å². The second-order valence-electron chi connectivity index (χ2n) is 7.12. The summed E-state index contributed by atoms with van der Waals surface area (Å²) < 4.78 is 5.55. The van der Waals surface area contributed by atoms with Gasteiger partial charge in [0, 0.05) is 6.04 Å². The van der Waals surface area contributed by atoms with Gasteiger partial charge in [-0.2, -0.15) is 0 Å². The molecule has 0 aromatic heterocycles. The van der Waals surface area contributed by atoms with E-state index in [-0.39, 0.29) is 12.1 Å². The number of amides is 1. The van der Waals surface area contributed by atoms with Gasteiger partial charge in [-0.1, -0.05) is 49.6 Å². The van der Waals surface area contributed by atoms with Gasteiger partial charge in [0.2, 0.25) is 0 Å². The molecule has 0 N–H and O–H groups in total. The first kappa shape index (κ1) is 17.5. The van der Waals surface area contributed by atoms with Crippen LogP contribution in [0.1, 0.15) is 58.4 Å². The highest BCUT2D eigenvalue weighted by atomic mass is 16.6. The van der Waals surface area contributed by atoms with Gasteiger partial charge in [0.1, 0.15) is 5.60 Å². The predicted molar refractivity (Wildman–Crippen MR) is 93.6 cm³/mol. The Balaban J connectivity index is 2.04. The van der Waals surface area contributed by atoms with E-state index in [0.29, 0.717) is 6.54 Å². The van der Waals surface area contributed by atoms with E-state index in [2.05, 4.69) is 4.99 Å². The first-order valence-corrected chi connectivity index (χ1v) is 8.51. The Kier molecular flexibility index (Phi) is 6.20. The van der Waals surface area contributed by atoms with Gasteiger partial charge in [0.25, 0.3) is 0 Å². The normalized spacial score (nSPS) is 16.5. The van der Waals surface area contributed by atoms with Crippen LogP contribution in [0.25, 0.3) is 0 Å². The third-order valence-electron chi connectivity index (χ3n) is 3.90. The van der Waals surface area contributed by atoms with E-state index in [1.54, 1.807) is 11.2 Å². The summed E-state index contributed by atoms with van der Waals surface area (Å²) in [7, 11) is 0. The van der Waals surface area contributed by atoms with Crippen LogP contribution in [0, 0.1) is 0 Å². The number of rotatable bonds is 4. The topological polar surface area (TPSA) is 41.9 Å². The van der Waals surface area contributed by atoms with E-state index in [0.717, 1.165) is 31.2 Å². The lowest BCUT2D eigenvalue weighted by atomic mass is 9.95. The van der Waals surface area contributed by atoms with E-state index in [4.69, 9.17) is 4.74 Å². The van der Waals surface area contributed by atoms with Crippen molar-refractivity contribution >= 4 is 12.4 Å². The zero-order valence-corrected chi connectivity index (χ0v) is 14.5. The standard InChI is InChI=1S/C19H28N2O2/c1-19(2,3)23-18(22)21(17-12-8-5-9-13-17)15-20-14-16-10-6-4-7-11-16/h4,6-7,10-11,15,17H,5,8-9,12-14H2,1-3H3. The summed E-state index contributed by atoms with van der Waals surface area (Å²) in [5.74, 6) is 0. The molecule has 1 amide bonds. The maximum atomic E-state index is 12.5. The molecular weight excluding hydrogens is 288 g/mol. The molecule has 1 aromatic rings. The molecule has 1 aliphatic carbocycles. The van der Waals surface area contributed by atoms with Crippen LogP contribution in [0.2, 0.25) is 0 Å². The average molecular weight is 316 g/mol. The molecule has 1 aliphatic rings. The molecule has 4 heteroatoms. The third kappa shape index (κ3) is 6.05. The predicted octanol–water partition coefficient (Wildman–Crippen LogP) is 4.78. The Bertz CT molecular complexity index is 514. The van der Waals surface area contributed by atoms with Crippen molar-refractivity contribution in [1.29, 1.82) is 0 Å². The van der Waals surface area contributed by atoms with Gasteiger partial charge in [-0.25, -0.2) is 4.79 Å². The molecule has 1 saturated carbocycles. The van der Waals surface area contributed by atoms with Crippen molar-refractivity contribution in [2.24, 2.45) is 4.99 Å². The first-order chi connectivity index (χ1) is 11.0. The Morgan fingerprint density at radius 1 is 1.22 bits per heavy atom. The average Bonchev–Trinajstić information content (AvgIpc) is 2.51. The molecule has 0 saturated heterocycles. The minimum Gasteiger partial charge on any atom is -0.443 e. The Morgan fingerprint density at radius 3 is 2.48 bits per heavy atom. The van der Waals surface area contributed by atoms with E-state index in [1.807, 2.05) is 51.1 Å². The molecule has 1 fully saturated rings. The Labute approximate surface area is 139 Å². The highest BCUT2D eigenvalue weighted by Crippen LogP contribution is 2.23. The van der Waals surface area contributed by atoms with Gasteiger partial charge in [-0.3, -0.25) is 9.89 Å². The van der Waals surface area contributed by atoms with Gasteiger partial charge in [-0.15, -0.1) is 0 Å².